The molecule has 0 radical (unpaired) electrons. The number of hydrogen-bond acceptors (Lipinski definition) is 4. The normalized spacial score (nSPS) is 12.8. The summed E-state index contributed by atoms with van der Waals surface area (Å²) in [6.45, 7) is 3.18. The first-order chi connectivity index (χ1) is 9.16. The van der Waals surface area contributed by atoms with E-state index < -0.39 is 29.8 Å². The number of carboxylic acid groups (broad SMARTS) is 1. The first-order valence-corrected chi connectivity index (χ1v) is 5.64. The number of nitriles is 1. The number of hydrogen-bond donors (Lipinski definition) is 2. The third-order valence-electron chi connectivity index (χ3n) is 2.53. The van der Waals surface area contributed by atoms with Gasteiger partial charge in [-0.2, -0.15) is 18.4 Å². The Morgan fingerprint density at radius 3 is 2.45 bits per heavy atom. The highest BCUT2D eigenvalue weighted by Crippen LogP contribution is 2.29. The van der Waals surface area contributed by atoms with Crippen LogP contribution >= 0.6 is 0 Å². The van der Waals surface area contributed by atoms with Crippen molar-refractivity contribution in [3.63, 3.8) is 0 Å². The molecule has 0 aliphatic heterocycles. The van der Waals surface area contributed by atoms with Crippen molar-refractivity contribution in [1.82, 2.24) is 4.98 Å². The molecule has 0 spiro atoms. The van der Waals surface area contributed by atoms with Crippen molar-refractivity contribution >= 4 is 11.8 Å². The summed E-state index contributed by atoms with van der Waals surface area (Å²) in [4.78, 5) is 14.3. The number of carboxylic acids is 1. The molecule has 0 aliphatic carbocycles. The first kappa shape index (κ1) is 15.8. The molecule has 1 rings (SSSR count). The number of nitrogens with zero attached hydrogens (tertiary/aromatic N) is 2. The lowest BCUT2D eigenvalue weighted by Gasteiger charge is -2.19. The highest BCUT2D eigenvalue weighted by molar-refractivity contribution is 5.77. The molecule has 1 heterocycles. The van der Waals surface area contributed by atoms with E-state index in [0.717, 1.165) is 6.07 Å². The standard InChI is InChI=1S/C12H12F3N3O2/c1-6(2)9(11(19)20)18-10-7(5-16)3-4-8(17-10)12(13,14)15/h3-4,6,9H,1-2H3,(H,17,18)(H,19,20)/t9-/m0/s1. The van der Waals surface area contributed by atoms with E-state index in [2.05, 4.69) is 10.3 Å². The second kappa shape index (κ2) is 5.77. The van der Waals surface area contributed by atoms with Gasteiger partial charge in [-0.15, -0.1) is 0 Å². The van der Waals surface area contributed by atoms with Crippen molar-refractivity contribution in [3.8, 4) is 6.07 Å². The summed E-state index contributed by atoms with van der Waals surface area (Å²) in [7, 11) is 0. The van der Waals surface area contributed by atoms with Crippen LogP contribution in [-0.2, 0) is 11.0 Å². The Morgan fingerprint density at radius 1 is 1.45 bits per heavy atom. The molecular formula is C12H12F3N3O2. The average Bonchev–Trinajstić information content (AvgIpc) is 2.33. The molecule has 0 aromatic carbocycles. The summed E-state index contributed by atoms with van der Waals surface area (Å²) >= 11 is 0. The minimum Gasteiger partial charge on any atom is -0.480 e. The zero-order valence-corrected chi connectivity index (χ0v) is 10.7. The van der Waals surface area contributed by atoms with Crippen molar-refractivity contribution < 1.29 is 23.1 Å². The van der Waals surface area contributed by atoms with Crippen LogP contribution in [0.3, 0.4) is 0 Å². The number of aliphatic carboxylic acids is 1. The van der Waals surface area contributed by atoms with Crippen molar-refractivity contribution in [2.45, 2.75) is 26.1 Å². The van der Waals surface area contributed by atoms with Crippen LogP contribution in [0.2, 0.25) is 0 Å². The Kier molecular flexibility index (Phi) is 4.55. The molecule has 0 aliphatic rings. The highest BCUT2D eigenvalue weighted by atomic mass is 19.4. The van der Waals surface area contributed by atoms with Crippen molar-refractivity contribution in [3.05, 3.63) is 23.4 Å². The van der Waals surface area contributed by atoms with E-state index in [1.54, 1.807) is 19.9 Å². The van der Waals surface area contributed by atoms with Crippen LogP contribution < -0.4 is 5.32 Å². The van der Waals surface area contributed by atoms with Gasteiger partial charge in [0.2, 0.25) is 0 Å². The molecular weight excluding hydrogens is 275 g/mol. The number of rotatable bonds is 4. The SMILES string of the molecule is CC(C)[C@H](Nc1nc(C(F)(F)F)ccc1C#N)C(=O)O. The quantitative estimate of drug-likeness (QED) is 0.888. The van der Waals surface area contributed by atoms with Crippen LogP contribution in [0.25, 0.3) is 0 Å². The number of aromatic nitrogens is 1. The van der Waals surface area contributed by atoms with Gasteiger partial charge < -0.3 is 10.4 Å². The Labute approximate surface area is 113 Å². The van der Waals surface area contributed by atoms with Crippen LogP contribution in [0.5, 0.6) is 0 Å². The minimum atomic E-state index is -4.67. The van der Waals surface area contributed by atoms with Crippen molar-refractivity contribution in [2.24, 2.45) is 5.92 Å². The Bertz CT molecular complexity index is 550. The van der Waals surface area contributed by atoms with Gasteiger partial charge in [-0.1, -0.05) is 13.8 Å². The number of nitrogens with one attached hydrogen (secondary N) is 1. The molecule has 1 atom stereocenters. The summed E-state index contributed by atoms with van der Waals surface area (Å²) in [6.07, 6.45) is -4.67. The third-order valence-corrected chi connectivity index (χ3v) is 2.53. The van der Waals surface area contributed by atoms with Gasteiger partial charge in [-0.25, -0.2) is 9.78 Å². The maximum Gasteiger partial charge on any atom is 0.433 e. The second-order valence-corrected chi connectivity index (χ2v) is 4.41. The van der Waals surface area contributed by atoms with Gasteiger partial charge in [-0.05, 0) is 18.1 Å². The average molecular weight is 287 g/mol. The summed E-state index contributed by atoms with van der Waals surface area (Å²) in [5.74, 6) is -2.01. The molecule has 20 heavy (non-hydrogen) atoms. The van der Waals surface area contributed by atoms with E-state index in [9.17, 15) is 18.0 Å². The third kappa shape index (κ3) is 3.60. The van der Waals surface area contributed by atoms with E-state index >= 15 is 0 Å². The van der Waals surface area contributed by atoms with Gasteiger partial charge in [0.15, 0.2) is 0 Å². The second-order valence-electron chi connectivity index (χ2n) is 4.41. The lowest BCUT2D eigenvalue weighted by atomic mass is 10.0. The van der Waals surface area contributed by atoms with E-state index in [0.29, 0.717) is 6.07 Å². The number of anilines is 1. The van der Waals surface area contributed by atoms with E-state index in [4.69, 9.17) is 10.4 Å². The highest BCUT2D eigenvalue weighted by Gasteiger charge is 2.33. The Balaban J connectivity index is 3.22. The van der Waals surface area contributed by atoms with Crippen LogP contribution in [0.15, 0.2) is 12.1 Å². The smallest absolute Gasteiger partial charge is 0.433 e. The van der Waals surface area contributed by atoms with Crippen LogP contribution in [0.4, 0.5) is 19.0 Å². The van der Waals surface area contributed by atoms with E-state index in [1.807, 2.05) is 0 Å². The zero-order valence-electron chi connectivity index (χ0n) is 10.7. The predicted molar refractivity (Wildman–Crippen MR) is 63.8 cm³/mol. The summed E-state index contributed by atoms with van der Waals surface area (Å²) in [6, 6.07) is 2.16. The molecule has 0 bridgehead atoms. The van der Waals surface area contributed by atoms with Crippen LogP contribution in [-0.4, -0.2) is 22.1 Å². The first-order valence-electron chi connectivity index (χ1n) is 5.64. The number of pyridine rings is 1. The van der Waals surface area contributed by atoms with Gasteiger partial charge in [0, 0.05) is 0 Å². The molecule has 0 fully saturated rings. The molecule has 0 saturated heterocycles. The fourth-order valence-electron chi connectivity index (χ4n) is 1.48. The molecule has 8 heteroatoms. The van der Waals surface area contributed by atoms with Crippen LogP contribution in [0, 0.1) is 17.2 Å². The van der Waals surface area contributed by atoms with Gasteiger partial charge in [0.05, 0.1) is 5.56 Å². The lowest BCUT2D eigenvalue weighted by molar-refractivity contribution is -0.141. The fourth-order valence-corrected chi connectivity index (χ4v) is 1.48. The monoisotopic (exact) mass is 287 g/mol. The fraction of sp³-hybridized carbons (Fsp3) is 0.417. The van der Waals surface area contributed by atoms with Gasteiger partial charge in [0.25, 0.3) is 0 Å². The Hall–Kier alpha value is -2.30. The number of alkyl halides is 3. The molecule has 2 N–H and O–H groups in total. The summed E-state index contributed by atoms with van der Waals surface area (Å²) in [5, 5.41) is 20.2. The molecule has 0 saturated carbocycles. The van der Waals surface area contributed by atoms with E-state index in [-0.39, 0.29) is 11.4 Å². The minimum absolute atomic E-state index is 0.148. The van der Waals surface area contributed by atoms with Gasteiger partial charge in [0.1, 0.15) is 23.6 Å². The molecule has 5 nitrogen and oxygen atoms in total. The molecule has 1 aromatic rings. The largest absolute Gasteiger partial charge is 0.480 e. The number of halogens is 3. The van der Waals surface area contributed by atoms with E-state index in [1.165, 1.54) is 0 Å². The summed E-state index contributed by atoms with van der Waals surface area (Å²) < 4.78 is 37.7. The molecule has 0 amide bonds. The molecule has 108 valence electrons. The maximum atomic E-state index is 12.6. The zero-order chi connectivity index (χ0) is 15.5. The van der Waals surface area contributed by atoms with Gasteiger partial charge in [-0.3, -0.25) is 0 Å². The predicted octanol–water partition coefficient (Wildman–Crippen LogP) is 2.49. The maximum absolute atomic E-state index is 12.6. The number of carbonyl (C=O) groups is 1. The van der Waals surface area contributed by atoms with Crippen LogP contribution in [0.1, 0.15) is 25.1 Å². The Morgan fingerprint density at radius 2 is 2.05 bits per heavy atom. The topological polar surface area (TPSA) is 86.0 Å². The molecule has 1 aromatic heterocycles. The van der Waals surface area contributed by atoms with Crippen molar-refractivity contribution in [1.29, 1.82) is 5.26 Å². The molecule has 0 unspecified atom stereocenters. The van der Waals surface area contributed by atoms with Crippen molar-refractivity contribution in [2.75, 3.05) is 5.32 Å². The van der Waals surface area contributed by atoms with Gasteiger partial charge >= 0.3 is 12.1 Å². The lowest BCUT2D eigenvalue weighted by Crippen LogP contribution is -2.35. The summed E-state index contributed by atoms with van der Waals surface area (Å²) in [5.41, 5.74) is -1.34.